The van der Waals surface area contributed by atoms with Crippen molar-refractivity contribution >= 4 is 23.6 Å². The molecule has 1 saturated heterocycles. The lowest BCUT2D eigenvalue weighted by Gasteiger charge is -2.29. The molecule has 96 valence electrons. The Morgan fingerprint density at radius 3 is 2.65 bits per heavy atom. The van der Waals surface area contributed by atoms with E-state index in [2.05, 4.69) is 0 Å². The number of carbonyl (C=O) groups is 2. The van der Waals surface area contributed by atoms with Gasteiger partial charge < -0.3 is 15.7 Å². The lowest BCUT2D eigenvalue weighted by molar-refractivity contribution is -0.150. The first-order chi connectivity index (χ1) is 8.06. The summed E-state index contributed by atoms with van der Waals surface area (Å²) in [5, 5.41) is 9.22. The molecular formula is C11H18N2O3S. The SMILES string of the molecule is CC(CN)C(=O)N1C(C(=O)O)CSC1C1CC1. The third-order valence-electron chi connectivity index (χ3n) is 3.37. The maximum absolute atomic E-state index is 12.2. The van der Waals surface area contributed by atoms with E-state index in [0.717, 1.165) is 12.8 Å². The molecule has 3 atom stereocenters. The number of carboxylic acids is 1. The topological polar surface area (TPSA) is 83.6 Å². The molecule has 1 aliphatic carbocycles. The molecule has 17 heavy (non-hydrogen) atoms. The first-order valence-electron chi connectivity index (χ1n) is 5.93. The third kappa shape index (κ3) is 2.42. The van der Waals surface area contributed by atoms with E-state index in [4.69, 9.17) is 10.8 Å². The Bertz CT molecular complexity index is 333. The molecule has 3 N–H and O–H groups in total. The lowest BCUT2D eigenvalue weighted by Crippen LogP contribution is -2.49. The summed E-state index contributed by atoms with van der Waals surface area (Å²) in [6.45, 7) is 2.03. The molecule has 0 bridgehead atoms. The van der Waals surface area contributed by atoms with Crippen molar-refractivity contribution < 1.29 is 14.7 Å². The highest BCUT2D eigenvalue weighted by molar-refractivity contribution is 8.00. The van der Waals surface area contributed by atoms with Gasteiger partial charge in [-0.15, -0.1) is 11.8 Å². The number of amides is 1. The van der Waals surface area contributed by atoms with E-state index in [9.17, 15) is 9.59 Å². The largest absolute Gasteiger partial charge is 0.480 e. The average Bonchev–Trinajstić information content (AvgIpc) is 3.05. The summed E-state index contributed by atoms with van der Waals surface area (Å²) in [5.74, 6) is -0.324. The minimum atomic E-state index is -0.904. The number of carboxylic acid groups (broad SMARTS) is 1. The van der Waals surface area contributed by atoms with Gasteiger partial charge in [0.1, 0.15) is 6.04 Å². The van der Waals surface area contributed by atoms with Gasteiger partial charge in [0, 0.05) is 18.2 Å². The summed E-state index contributed by atoms with van der Waals surface area (Å²) >= 11 is 1.60. The minimum absolute atomic E-state index is 0.0533. The van der Waals surface area contributed by atoms with Crippen LogP contribution in [0.25, 0.3) is 0 Å². The predicted octanol–water partition coefficient (Wildman–Crippen LogP) is 0.346. The molecule has 1 amide bonds. The predicted molar refractivity (Wildman–Crippen MR) is 65.5 cm³/mol. The molecule has 2 fully saturated rings. The quantitative estimate of drug-likeness (QED) is 0.760. The van der Waals surface area contributed by atoms with E-state index >= 15 is 0 Å². The second kappa shape index (κ2) is 4.86. The van der Waals surface area contributed by atoms with Crippen molar-refractivity contribution in [1.29, 1.82) is 0 Å². The Morgan fingerprint density at radius 1 is 1.53 bits per heavy atom. The molecule has 1 heterocycles. The van der Waals surface area contributed by atoms with Crippen LogP contribution in [0.5, 0.6) is 0 Å². The van der Waals surface area contributed by atoms with Crippen LogP contribution >= 0.6 is 11.8 Å². The number of nitrogens with two attached hydrogens (primary N) is 1. The molecule has 1 aliphatic heterocycles. The van der Waals surface area contributed by atoms with Gasteiger partial charge in [-0.05, 0) is 18.8 Å². The molecule has 0 aromatic rings. The van der Waals surface area contributed by atoms with Crippen LogP contribution in [0.1, 0.15) is 19.8 Å². The van der Waals surface area contributed by atoms with Crippen molar-refractivity contribution in [3.8, 4) is 0 Å². The van der Waals surface area contributed by atoms with Crippen molar-refractivity contribution in [2.45, 2.75) is 31.2 Å². The molecule has 0 aromatic carbocycles. The van der Waals surface area contributed by atoms with Gasteiger partial charge in [0.05, 0.1) is 5.37 Å². The van der Waals surface area contributed by atoms with Gasteiger partial charge in [-0.25, -0.2) is 4.79 Å². The highest BCUT2D eigenvalue weighted by atomic mass is 32.2. The summed E-state index contributed by atoms with van der Waals surface area (Å²) in [6, 6.07) is -0.674. The van der Waals surface area contributed by atoms with Crippen LogP contribution in [0.4, 0.5) is 0 Å². The van der Waals surface area contributed by atoms with Gasteiger partial charge in [-0.2, -0.15) is 0 Å². The van der Waals surface area contributed by atoms with E-state index in [1.165, 1.54) is 0 Å². The molecule has 0 aromatic heterocycles. The summed E-state index contributed by atoms with van der Waals surface area (Å²) in [6.07, 6.45) is 2.20. The normalized spacial score (nSPS) is 30.4. The Hall–Kier alpha value is -0.750. The second-order valence-corrected chi connectivity index (χ2v) is 5.95. The molecule has 2 rings (SSSR count). The van der Waals surface area contributed by atoms with Crippen LogP contribution in [-0.4, -0.2) is 45.6 Å². The number of thioether (sulfide) groups is 1. The first-order valence-corrected chi connectivity index (χ1v) is 6.97. The molecule has 3 unspecified atom stereocenters. The van der Waals surface area contributed by atoms with E-state index in [1.54, 1.807) is 23.6 Å². The molecule has 1 saturated carbocycles. The maximum atomic E-state index is 12.2. The average molecular weight is 258 g/mol. The van der Waals surface area contributed by atoms with E-state index < -0.39 is 12.0 Å². The minimum Gasteiger partial charge on any atom is -0.480 e. The highest BCUT2D eigenvalue weighted by Crippen LogP contribution is 2.45. The second-order valence-electron chi connectivity index (χ2n) is 4.80. The molecule has 5 nitrogen and oxygen atoms in total. The van der Waals surface area contributed by atoms with Gasteiger partial charge in [-0.3, -0.25) is 4.79 Å². The summed E-state index contributed by atoms with van der Waals surface area (Å²) < 4.78 is 0. The van der Waals surface area contributed by atoms with Crippen LogP contribution in [0.2, 0.25) is 0 Å². The van der Waals surface area contributed by atoms with Crippen LogP contribution in [0, 0.1) is 11.8 Å². The fourth-order valence-corrected chi connectivity index (χ4v) is 3.74. The Balaban J connectivity index is 2.16. The number of nitrogens with zero attached hydrogens (tertiary/aromatic N) is 1. The van der Waals surface area contributed by atoms with Gasteiger partial charge in [0.15, 0.2) is 0 Å². The van der Waals surface area contributed by atoms with Crippen LogP contribution in [-0.2, 0) is 9.59 Å². The standard InChI is InChI=1S/C11H18N2O3S/c1-6(4-12)9(14)13-8(11(15)16)5-17-10(13)7-2-3-7/h6-8,10H,2-5,12H2,1H3,(H,15,16). The molecule has 2 aliphatic rings. The van der Waals surface area contributed by atoms with Gasteiger partial charge in [-0.1, -0.05) is 6.92 Å². The Morgan fingerprint density at radius 2 is 2.18 bits per heavy atom. The van der Waals surface area contributed by atoms with Gasteiger partial charge in [0.25, 0.3) is 0 Å². The fourth-order valence-electron chi connectivity index (χ4n) is 2.10. The van der Waals surface area contributed by atoms with Crippen molar-refractivity contribution in [2.24, 2.45) is 17.6 Å². The zero-order valence-electron chi connectivity index (χ0n) is 9.83. The Labute approximate surface area is 105 Å². The van der Waals surface area contributed by atoms with Crippen LogP contribution in [0.3, 0.4) is 0 Å². The van der Waals surface area contributed by atoms with Crippen molar-refractivity contribution in [2.75, 3.05) is 12.3 Å². The lowest BCUT2D eigenvalue weighted by atomic mass is 10.1. The number of aliphatic carboxylic acids is 1. The summed E-state index contributed by atoms with van der Waals surface area (Å²) in [4.78, 5) is 25.0. The summed E-state index contributed by atoms with van der Waals surface area (Å²) in [5.41, 5.74) is 5.50. The molecule has 6 heteroatoms. The fraction of sp³-hybridized carbons (Fsp3) is 0.818. The Kier molecular flexibility index (Phi) is 3.63. The highest BCUT2D eigenvalue weighted by Gasteiger charge is 2.48. The van der Waals surface area contributed by atoms with Gasteiger partial charge >= 0.3 is 5.97 Å². The zero-order chi connectivity index (χ0) is 12.6. The maximum Gasteiger partial charge on any atom is 0.327 e. The smallest absolute Gasteiger partial charge is 0.327 e. The summed E-state index contributed by atoms with van der Waals surface area (Å²) in [7, 11) is 0. The number of hydrogen-bond donors (Lipinski definition) is 2. The van der Waals surface area contributed by atoms with E-state index in [1.807, 2.05) is 0 Å². The van der Waals surface area contributed by atoms with E-state index in [0.29, 0.717) is 11.7 Å². The van der Waals surface area contributed by atoms with Crippen LogP contribution in [0.15, 0.2) is 0 Å². The van der Waals surface area contributed by atoms with Crippen LogP contribution < -0.4 is 5.73 Å². The molecular weight excluding hydrogens is 240 g/mol. The van der Waals surface area contributed by atoms with Crippen molar-refractivity contribution in [3.63, 3.8) is 0 Å². The first kappa shape index (κ1) is 12.7. The molecule has 0 spiro atoms. The monoisotopic (exact) mass is 258 g/mol. The van der Waals surface area contributed by atoms with E-state index in [-0.39, 0.29) is 23.7 Å². The van der Waals surface area contributed by atoms with Crippen molar-refractivity contribution in [3.05, 3.63) is 0 Å². The van der Waals surface area contributed by atoms with Crippen molar-refractivity contribution in [1.82, 2.24) is 4.90 Å². The van der Waals surface area contributed by atoms with Gasteiger partial charge in [0.2, 0.25) is 5.91 Å². The molecule has 0 radical (unpaired) electrons. The number of hydrogen-bond acceptors (Lipinski definition) is 4. The number of carbonyl (C=O) groups excluding carboxylic acids is 1. The third-order valence-corrected chi connectivity index (χ3v) is 4.84. The number of rotatable bonds is 4. The zero-order valence-corrected chi connectivity index (χ0v) is 10.7.